The van der Waals surface area contributed by atoms with Crippen LogP contribution in [0.1, 0.15) is 39.0 Å². The lowest BCUT2D eigenvalue weighted by molar-refractivity contribution is -0.384. The van der Waals surface area contributed by atoms with Crippen LogP contribution >= 0.6 is 0 Å². The predicted octanol–water partition coefficient (Wildman–Crippen LogP) is 4.43. The molecule has 3 rings (SSSR count). The zero-order valence-electron chi connectivity index (χ0n) is 16.3. The van der Waals surface area contributed by atoms with Crippen LogP contribution in [0.2, 0.25) is 0 Å². The van der Waals surface area contributed by atoms with E-state index in [9.17, 15) is 19.7 Å². The fourth-order valence-corrected chi connectivity index (χ4v) is 3.23. The molecular weight excluding hydrogens is 372 g/mol. The summed E-state index contributed by atoms with van der Waals surface area (Å²) in [4.78, 5) is 35.5. The molecule has 0 aliphatic carbocycles. The van der Waals surface area contributed by atoms with Gasteiger partial charge in [-0.15, -0.1) is 0 Å². The number of nitro benzene ring substituents is 1. The molecule has 0 saturated heterocycles. The quantitative estimate of drug-likeness (QED) is 0.268. The van der Waals surface area contributed by atoms with Gasteiger partial charge in [0, 0.05) is 34.8 Å². The first-order valence-electron chi connectivity index (χ1n) is 9.03. The number of nitro groups is 1. The van der Waals surface area contributed by atoms with Crippen LogP contribution in [0.25, 0.3) is 5.69 Å². The molecule has 7 heteroatoms. The van der Waals surface area contributed by atoms with Crippen molar-refractivity contribution in [2.24, 2.45) is 0 Å². The normalized spacial score (nSPS) is 11.7. The lowest BCUT2D eigenvalue weighted by atomic mass is 10.1. The average Bonchev–Trinajstić information content (AvgIpc) is 3.02. The molecule has 2 aromatic carbocycles. The Balaban J connectivity index is 1.81. The second kappa shape index (κ2) is 8.10. The van der Waals surface area contributed by atoms with Crippen LogP contribution in [0, 0.1) is 24.0 Å². The largest absolute Gasteiger partial charge is 0.451 e. The maximum absolute atomic E-state index is 12.9. The zero-order chi connectivity index (χ0) is 21.1. The number of carbonyl (C=O) groups is 2. The molecule has 0 aliphatic heterocycles. The molecule has 0 N–H and O–H groups in total. The highest BCUT2D eigenvalue weighted by Crippen LogP contribution is 2.23. The molecule has 0 amide bonds. The van der Waals surface area contributed by atoms with E-state index in [0.29, 0.717) is 5.56 Å². The molecule has 0 fully saturated rings. The van der Waals surface area contributed by atoms with Crippen molar-refractivity contribution in [2.75, 3.05) is 0 Å². The second-order valence-corrected chi connectivity index (χ2v) is 6.67. The molecule has 0 radical (unpaired) electrons. The molecule has 1 heterocycles. The van der Waals surface area contributed by atoms with Crippen molar-refractivity contribution < 1.29 is 19.2 Å². The van der Waals surface area contributed by atoms with Crippen LogP contribution in [-0.2, 0) is 4.74 Å². The molecule has 29 heavy (non-hydrogen) atoms. The van der Waals surface area contributed by atoms with E-state index < -0.39 is 17.0 Å². The van der Waals surface area contributed by atoms with Gasteiger partial charge in [0.2, 0.25) is 5.78 Å². The number of nitrogens with zero attached hydrogens (tertiary/aromatic N) is 2. The first-order valence-corrected chi connectivity index (χ1v) is 9.03. The second-order valence-electron chi connectivity index (χ2n) is 6.67. The minimum Gasteiger partial charge on any atom is -0.451 e. The summed E-state index contributed by atoms with van der Waals surface area (Å²) in [6.07, 6.45) is -1.04. The van der Waals surface area contributed by atoms with Gasteiger partial charge in [-0.3, -0.25) is 14.9 Å². The van der Waals surface area contributed by atoms with Crippen molar-refractivity contribution in [1.29, 1.82) is 0 Å². The van der Waals surface area contributed by atoms with E-state index in [4.69, 9.17) is 4.74 Å². The number of para-hydroxylation sites is 1. The lowest BCUT2D eigenvalue weighted by Gasteiger charge is -2.13. The highest BCUT2D eigenvalue weighted by Gasteiger charge is 2.25. The third-order valence-corrected chi connectivity index (χ3v) is 4.66. The Bertz CT molecular complexity index is 1090. The highest BCUT2D eigenvalue weighted by molar-refractivity contribution is 6.02. The number of ether oxygens (including phenoxy) is 1. The van der Waals surface area contributed by atoms with E-state index in [1.54, 1.807) is 6.07 Å². The van der Waals surface area contributed by atoms with Crippen molar-refractivity contribution in [2.45, 2.75) is 26.9 Å². The number of benzene rings is 2. The Morgan fingerprint density at radius 1 is 1.03 bits per heavy atom. The van der Waals surface area contributed by atoms with Gasteiger partial charge in [0.05, 0.1) is 10.5 Å². The third kappa shape index (κ3) is 4.08. The third-order valence-electron chi connectivity index (χ3n) is 4.66. The molecule has 1 atom stereocenters. The van der Waals surface area contributed by atoms with Crippen molar-refractivity contribution in [1.82, 2.24) is 4.57 Å². The first-order chi connectivity index (χ1) is 13.8. The Labute approximate surface area is 167 Å². The van der Waals surface area contributed by atoms with E-state index in [1.165, 1.54) is 25.1 Å². The number of hydrogen-bond donors (Lipinski definition) is 0. The fraction of sp³-hybridized carbons (Fsp3) is 0.182. The Morgan fingerprint density at radius 3 is 2.38 bits per heavy atom. The van der Waals surface area contributed by atoms with E-state index in [0.717, 1.165) is 23.1 Å². The molecule has 148 valence electrons. The smallest absolute Gasteiger partial charge is 0.339 e. The lowest BCUT2D eigenvalue weighted by Crippen LogP contribution is -2.25. The number of aromatic nitrogens is 1. The molecule has 1 aromatic heterocycles. The highest BCUT2D eigenvalue weighted by atomic mass is 16.6. The van der Waals surface area contributed by atoms with Crippen LogP contribution in [0.15, 0.2) is 60.7 Å². The first kappa shape index (κ1) is 20.0. The Hall–Kier alpha value is -3.74. The summed E-state index contributed by atoms with van der Waals surface area (Å²) < 4.78 is 7.24. The van der Waals surface area contributed by atoms with Gasteiger partial charge in [0.25, 0.3) is 5.69 Å². The molecule has 3 aromatic rings. The maximum atomic E-state index is 12.9. The summed E-state index contributed by atoms with van der Waals surface area (Å²) in [7, 11) is 0. The van der Waals surface area contributed by atoms with Gasteiger partial charge in [0.15, 0.2) is 6.10 Å². The number of rotatable bonds is 6. The van der Waals surface area contributed by atoms with E-state index in [2.05, 4.69) is 0 Å². The van der Waals surface area contributed by atoms with Crippen LogP contribution in [0.5, 0.6) is 0 Å². The number of esters is 1. The molecule has 7 nitrogen and oxygen atoms in total. The molecule has 0 aliphatic rings. The minimum absolute atomic E-state index is 0.0219. The van der Waals surface area contributed by atoms with Gasteiger partial charge < -0.3 is 9.30 Å². The topological polar surface area (TPSA) is 91.4 Å². The number of hydrogen-bond acceptors (Lipinski definition) is 5. The van der Waals surface area contributed by atoms with E-state index in [-0.39, 0.29) is 17.0 Å². The summed E-state index contributed by atoms with van der Waals surface area (Å²) in [5.41, 5.74) is 2.83. The maximum Gasteiger partial charge on any atom is 0.339 e. The molecule has 0 spiro atoms. The van der Waals surface area contributed by atoms with Crippen LogP contribution < -0.4 is 0 Å². The van der Waals surface area contributed by atoms with Gasteiger partial charge >= 0.3 is 5.97 Å². The van der Waals surface area contributed by atoms with Gasteiger partial charge in [-0.25, -0.2) is 4.79 Å². The van der Waals surface area contributed by atoms with E-state index in [1.807, 2.05) is 48.7 Å². The van der Waals surface area contributed by atoms with Gasteiger partial charge in [-0.1, -0.05) is 24.3 Å². The number of Topliss-reactive ketones (excluding diaryl/α,β-unsaturated/α-hetero) is 1. The average molecular weight is 392 g/mol. The van der Waals surface area contributed by atoms with Crippen molar-refractivity contribution in [3.8, 4) is 5.69 Å². The molecule has 0 saturated carbocycles. The van der Waals surface area contributed by atoms with Crippen LogP contribution in [0.4, 0.5) is 5.69 Å². The molecular formula is C22H20N2O5. The van der Waals surface area contributed by atoms with Crippen LogP contribution in [0.3, 0.4) is 0 Å². The van der Waals surface area contributed by atoms with Crippen LogP contribution in [-0.4, -0.2) is 27.3 Å². The molecule has 0 unspecified atom stereocenters. The van der Waals surface area contributed by atoms with Gasteiger partial charge in [-0.05, 0) is 45.0 Å². The summed E-state index contributed by atoms with van der Waals surface area (Å²) >= 11 is 0. The summed E-state index contributed by atoms with van der Waals surface area (Å²) in [6, 6.07) is 16.6. The summed E-state index contributed by atoms with van der Waals surface area (Å²) in [6.45, 7) is 5.23. The summed E-state index contributed by atoms with van der Waals surface area (Å²) in [5.74, 6) is -1.12. The fourth-order valence-electron chi connectivity index (χ4n) is 3.23. The van der Waals surface area contributed by atoms with Gasteiger partial charge in [0.1, 0.15) is 0 Å². The standard InChI is InChI=1S/C22H20N2O5/c1-14-12-20(15(2)23(14)18-9-5-4-6-10-18)21(25)16(3)29-22(26)17-8-7-11-19(13-17)24(27)28/h4-13,16H,1-3H3/t16-/m0/s1. The van der Waals surface area contributed by atoms with Crippen molar-refractivity contribution >= 4 is 17.4 Å². The van der Waals surface area contributed by atoms with Crippen molar-refractivity contribution in [3.05, 3.63) is 93.3 Å². The Kier molecular flexibility index (Phi) is 5.59. The van der Waals surface area contributed by atoms with E-state index >= 15 is 0 Å². The SMILES string of the molecule is Cc1cc(C(=O)[C@H](C)OC(=O)c2cccc([N+](=O)[O-])c2)c(C)n1-c1ccccc1. The minimum atomic E-state index is -1.04. The van der Waals surface area contributed by atoms with Crippen molar-refractivity contribution in [3.63, 3.8) is 0 Å². The summed E-state index contributed by atoms with van der Waals surface area (Å²) in [5, 5.41) is 10.9. The number of ketones is 1. The number of aryl methyl sites for hydroxylation is 1. The number of carbonyl (C=O) groups excluding carboxylic acids is 2. The monoisotopic (exact) mass is 392 g/mol. The predicted molar refractivity (Wildman–Crippen MR) is 108 cm³/mol. The number of non-ortho nitro benzene ring substituents is 1. The van der Waals surface area contributed by atoms with Gasteiger partial charge in [-0.2, -0.15) is 0 Å². The Morgan fingerprint density at radius 2 is 1.72 bits per heavy atom. The molecule has 0 bridgehead atoms. The zero-order valence-corrected chi connectivity index (χ0v) is 16.3.